The van der Waals surface area contributed by atoms with E-state index in [4.69, 9.17) is 4.74 Å². The number of ether oxygens (including phenoxy) is 1. The fourth-order valence-corrected chi connectivity index (χ4v) is 4.51. The van der Waals surface area contributed by atoms with E-state index in [1.54, 1.807) is 19.4 Å². The molecule has 2 aliphatic rings. The van der Waals surface area contributed by atoms with Gasteiger partial charge in [0.15, 0.2) is 5.96 Å². The second-order valence-corrected chi connectivity index (χ2v) is 9.61. The van der Waals surface area contributed by atoms with Crippen LogP contribution in [0.1, 0.15) is 40.0 Å². The van der Waals surface area contributed by atoms with Crippen molar-refractivity contribution in [3.05, 3.63) is 18.5 Å². The SMILES string of the molecule is CN=C(NCCC(=O)N1CCN(c2ncccn2)CC1)NCC1CCCOC1C(C)(C)C. The van der Waals surface area contributed by atoms with Crippen LogP contribution in [0.5, 0.6) is 0 Å². The van der Waals surface area contributed by atoms with Gasteiger partial charge in [0.1, 0.15) is 0 Å². The van der Waals surface area contributed by atoms with Crippen molar-refractivity contribution in [2.75, 3.05) is 57.8 Å². The van der Waals surface area contributed by atoms with Gasteiger partial charge < -0.3 is 25.2 Å². The lowest BCUT2D eigenvalue weighted by molar-refractivity contribution is -0.131. The number of aromatic nitrogens is 2. The number of nitrogens with zero attached hydrogens (tertiary/aromatic N) is 5. The summed E-state index contributed by atoms with van der Waals surface area (Å²) in [6.45, 7) is 11.8. The summed E-state index contributed by atoms with van der Waals surface area (Å²) in [5.74, 6) is 2.08. The van der Waals surface area contributed by atoms with E-state index in [1.165, 1.54) is 0 Å². The zero-order chi connectivity index (χ0) is 23.0. The molecule has 2 fully saturated rings. The minimum atomic E-state index is 0.118. The standard InChI is InChI=1S/C23H39N7O2/c1-23(2,3)20-18(7-5-16-32-20)17-28-21(24-4)25-11-8-19(31)29-12-14-30(15-13-29)22-26-9-6-10-27-22/h6,9-10,18,20H,5,7-8,11-17H2,1-4H3,(H2,24,25,28). The maximum Gasteiger partial charge on any atom is 0.225 e. The van der Waals surface area contributed by atoms with Crippen LogP contribution in [0.15, 0.2) is 23.5 Å². The molecule has 2 unspecified atom stereocenters. The third-order valence-corrected chi connectivity index (χ3v) is 6.15. The molecular weight excluding hydrogens is 406 g/mol. The number of anilines is 1. The van der Waals surface area contributed by atoms with E-state index < -0.39 is 0 Å². The van der Waals surface area contributed by atoms with Crippen molar-refractivity contribution in [1.29, 1.82) is 0 Å². The van der Waals surface area contributed by atoms with E-state index in [-0.39, 0.29) is 17.4 Å². The smallest absolute Gasteiger partial charge is 0.225 e. The van der Waals surface area contributed by atoms with E-state index in [0.29, 0.717) is 32.0 Å². The summed E-state index contributed by atoms with van der Waals surface area (Å²) in [7, 11) is 1.76. The van der Waals surface area contributed by atoms with Gasteiger partial charge in [-0.15, -0.1) is 0 Å². The van der Waals surface area contributed by atoms with Crippen molar-refractivity contribution >= 4 is 17.8 Å². The van der Waals surface area contributed by atoms with E-state index in [2.05, 4.69) is 51.3 Å². The first kappa shape index (κ1) is 24.2. The molecule has 9 nitrogen and oxygen atoms in total. The van der Waals surface area contributed by atoms with E-state index in [1.807, 2.05) is 11.0 Å². The first-order valence-corrected chi connectivity index (χ1v) is 11.7. The Labute approximate surface area is 192 Å². The minimum Gasteiger partial charge on any atom is -0.377 e. The summed E-state index contributed by atoms with van der Waals surface area (Å²) in [5, 5.41) is 6.72. The number of guanidine groups is 1. The molecule has 1 aromatic heterocycles. The molecule has 9 heteroatoms. The van der Waals surface area contributed by atoms with Crippen molar-refractivity contribution in [3.63, 3.8) is 0 Å². The Morgan fingerprint density at radius 1 is 1.19 bits per heavy atom. The molecule has 1 amide bonds. The zero-order valence-electron chi connectivity index (χ0n) is 20.0. The van der Waals surface area contributed by atoms with Crippen LogP contribution < -0.4 is 15.5 Å². The molecule has 0 aromatic carbocycles. The largest absolute Gasteiger partial charge is 0.377 e. The van der Waals surface area contributed by atoms with Gasteiger partial charge in [-0.2, -0.15) is 0 Å². The minimum absolute atomic E-state index is 0.118. The van der Waals surface area contributed by atoms with Gasteiger partial charge in [0, 0.05) is 77.7 Å². The number of amides is 1. The molecule has 178 valence electrons. The van der Waals surface area contributed by atoms with Gasteiger partial charge in [-0.1, -0.05) is 20.8 Å². The number of hydrogen-bond acceptors (Lipinski definition) is 6. The summed E-state index contributed by atoms with van der Waals surface area (Å²) >= 11 is 0. The number of carbonyl (C=O) groups excluding carboxylic acids is 1. The van der Waals surface area contributed by atoms with Crippen LogP contribution in [0.25, 0.3) is 0 Å². The molecule has 2 N–H and O–H groups in total. The van der Waals surface area contributed by atoms with Crippen molar-refractivity contribution in [1.82, 2.24) is 25.5 Å². The maximum absolute atomic E-state index is 12.6. The second kappa shape index (κ2) is 11.4. The number of hydrogen-bond donors (Lipinski definition) is 2. The van der Waals surface area contributed by atoms with Crippen LogP contribution in [-0.2, 0) is 9.53 Å². The highest BCUT2D eigenvalue weighted by atomic mass is 16.5. The average molecular weight is 446 g/mol. The molecule has 0 saturated carbocycles. The monoisotopic (exact) mass is 445 g/mol. The van der Waals surface area contributed by atoms with Crippen molar-refractivity contribution in [3.8, 4) is 0 Å². The topological polar surface area (TPSA) is 95.0 Å². The molecule has 0 radical (unpaired) electrons. The van der Waals surface area contributed by atoms with Gasteiger partial charge in [0.2, 0.25) is 11.9 Å². The molecule has 0 aliphatic carbocycles. The zero-order valence-corrected chi connectivity index (χ0v) is 20.0. The summed E-state index contributed by atoms with van der Waals surface area (Å²) in [4.78, 5) is 29.6. The van der Waals surface area contributed by atoms with Gasteiger partial charge in [0.05, 0.1) is 6.10 Å². The van der Waals surface area contributed by atoms with Crippen molar-refractivity contribution < 1.29 is 9.53 Å². The first-order valence-electron chi connectivity index (χ1n) is 11.7. The lowest BCUT2D eigenvalue weighted by Crippen LogP contribution is -2.50. The summed E-state index contributed by atoms with van der Waals surface area (Å²) < 4.78 is 6.07. The highest BCUT2D eigenvalue weighted by Gasteiger charge is 2.35. The second-order valence-electron chi connectivity index (χ2n) is 9.61. The van der Waals surface area contributed by atoms with Gasteiger partial charge >= 0.3 is 0 Å². The highest BCUT2D eigenvalue weighted by molar-refractivity contribution is 5.81. The Morgan fingerprint density at radius 3 is 2.56 bits per heavy atom. The van der Waals surface area contributed by atoms with E-state index in [0.717, 1.165) is 51.0 Å². The Kier molecular flexibility index (Phi) is 8.67. The van der Waals surface area contributed by atoms with Crippen molar-refractivity contribution in [2.24, 2.45) is 16.3 Å². The predicted octanol–water partition coefficient (Wildman–Crippen LogP) is 1.52. The molecule has 3 rings (SSSR count). The Morgan fingerprint density at radius 2 is 1.91 bits per heavy atom. The average Bonchev–Trinajstić information content (AvgIpc) is 2.81. The highest BCUT2D eigenvalue weighted by Crippen LogP contribution is 2.33. The number of piperazine rings is 1. The molecule has 2 atom stereocenters. The lowest BCUT2D eigenvalue weighted by atomic mass is 9.78. The fourth-order valence-electron chi connectivity index (χ4n) is 4.51. The van der Waals surface area contributed by atoms with Gasteiger partial charge in [-0.3, -0.25) is 9.79 Å². The first-order chi connectivity index (χ1) is 15.4. The van der Waals surface area contributed by atoms with Crippen LogP contribution in [0, 0.1) is 11.3 Å². The summed E-state index contributed by atoms with van der Waals surface area (Å²) in [6, 6.07) is 1.81. The Hall–Kier alpha value is -2.42. The third-order valence-electron chi connectivity index (χ3n) is 6.15. The number of nitrogens with one attached hydrogen (secondary N) is 2. The molecular formula is C23H39N7O2. The van der Waals surface area contributed by atoms with E-state index >= 15 is 0 Å². The molecule has 3 heterocycles. The molecule has 0 spiro atoms. The van der Waals surface area contributed by atoms with Crippen molar-refractivity contribution in [2.45, 2.75) is 46.1 Å². The van der Waals surface area contributed by atoms with Crippen LogP contribution in [-0.4, -0.2) is 85.8 Å². The Balaban J connectivity index is 1.37. The summed E-state index contributed by atoms with van der Waals surface area (Å²) in [6.07, 6.45) is 6.43. The van der Waals surface area contributed by atoms with Gasteiger partial charge in [-0.05, 0) is 24.3 Å². The predicted molar refractivity (Wildman–Crippen MR) is 127 cm³/mol. The maximum atomic E-state index is 12.6. The number of aliphatic imine (C=N–C) groups is 1. The lowest BCUT2D eigenvalue weighted by Gasteiger charge is -2.40. The molecule has 1 aromatic rings. The quantitative estimate of drug-likeness (QED) is 0.506. The normalized spacial score (nSPS) is 22.6. The number of carbonyl (C=O) groups is 1. The van der Waals surface area contributed by atoms with Gasteiger partial charge in [-0.25, -0.2) is 9.97 Å². The molecule has 32 heavy (non-hydrogen) atoms. The summed E-state index contributed by atoms with van der Waals surface area (Å²) in [5.41, 5.74) is 0.118. The fraction of sp³-hybridized carbons (Fsp3) is 0.739. The van der Waals surface area contributed by atoms with Gasteiger partial charge in [0.25, 0.3) is 0 Å². The Bertz CT molecular complexity index is 742. The van der Waals surface area contributed by atoms with Crippen LogP contribution in [0.2, 0.25) is 0 Å². The van der Waals surface area contributed by atoms with Crippen LogP contribution >= 0.6 is 0 Å². The molecule has 2 saturated heterocycles. The molecule has 2 aliphatic heterocycles. The van der Waals surface area contributed by atoms with Crippen LogP contribution in [0.4, 0.5) is 5.95 Å². The number of rotatable bonds is 6. The van der Waals surface area contributed by atoms with Crippen LogP contribution in [0.3, 0.4) is 0 Å². The third kappa shape index (κ3) is 6.79. The van der Waals surface area contributed by atoms with E-state index in [9.17, 15) is 4.79 Å². The molecule has 0 bridgehead atoms.